The molecule has 0 spiro atoms. The summed E-state index contributed by atoms with van der Waals surface area (Å²) >= 11 is 0. The van der Waals surface area contributed by atoms with Gasteiger partial charge < -0.3 is 14.6 Å². The van der Waals surface area contributed by atoms with E-state index in [1.54, 1.807) is 0 Å². The molecule has 2 heterocycles. The fourth-order valence-corrected chi connectivity index (χ4v) is 2.29. The number of hydrogen-bond donors (Lipinski definition) is 1. The van der Waals surface area contributed by atoms with Crippen LogP contribution in [-0.2, 0) is 17.8 Å². The maximum Gasteiger partial charge on any atom is 0.0948 e. The molecular weight excluding hydrogens is 228 g/mol. The first-order valence-electron chi connectivity index (χ1n) is 6.82. The summed E-state index contributed by atoms with van der Waals surface area (Å²) in [6, 6.07) is 0.489. The first-order chi connectivity index (χ1) is 8.79. The van der Waals surface area contributed by atoms with E-state index in [1.807, 2.05) is 12.5 Å². The molecule has 1 atom stereocenters. The monoisotopic (exact) mass is 252 g/mol. The fraction of sp³-hybridized carbons (Fsp3) is 0.769. The molecule has 5 nitrogen and oxygen atoms in total. The minimum absolute atomic E-state index is 0.489. The van der Waals surface area contributed by atoms with Gasteiger partial charge in [0, 0.05) is 45.0 Å². The van der Waals surface area contributed by atoms with Gasteiger partial charge in [-0.3, -0.25) is 4.90 Å². The Morgan fingerprint density at radius 3 is 2.94 bits per heavy atom. The second-order valence-corrected chi connectivity index (χ2v) is 4.87. The Hall–Kier alpha value is -0.910. The van der Waals surface area contributed by atoms with Gasteiger partial charge in [0.25, 0.3) is 0 Å². The Bertz CT molecular complexity index is 347. The highest BCUT2D eigenvalue weighted by atomic mass is 16.5. The number of morpholine rings is 1. The number of rotatable bonds is 6. The van der Waals surface area contributed by atoms with Gasteiger partial charge in [0.1, 0.15) is 0 Å². The largest absolute Gasteiger partial charge is 0.379 e. The molecule has 0 bridgehead atoms. The van der Waals surface area contributed by atoms with E-state index in [2.05, 4.69) is 33.6 Å². The molecule has 1 saturated heterocycles. The van der Waals surface area contributed by atoms with Crippen molar-refractivity contribution in [2.45, 2.75) is 33.0 Å². The molecule has 0 aliphatic carbocycles. The average molecular weight is 252 g/mol. The van der Waals surface area contributed by atoms with Crippen molar-refractivity contribution in [2.75, 3.05) is 32.8 Å². The van der Waals surface area contributed by atoms with E-state index in [9.17, 15) is 0 Å². The third-order valence-corrected chi connectivity index (χ3v) is 3.41. The van der Waals surface area contributed by atoms with Crippen LogP contribution in [0.15, 0.2) is 12.5 Å². The Labute approximate surface area is 109 Å². The predicted octanol–water partition coefficient (Wildman–Crippen LogP) is 0.713. The van der Waals surface area contributed by atoms with Crippen LogP contribution in [0.3, 0.4) is 0 Å². The number of ether oxygens (including phenoxy) is 1. The van der Waals surface area contributed by atoms with Gasteiger partial charge in [-0.25, -0.2) is 4.98 Å². The molecule has 1 N–H and O–H groups in total. The van der Waals surface area contributed by atoms with Gasteiger partial charge in [-0.05, 0) is 13.8 Å². The maximum absolute atomic E-state index is 5.36. The smallest absolute Gasteiger partial charge is 0.0948 e. The Kier molecular flexibility index (Phi) is 5.16. The van der Waals surface area contributed by atoms with E-state index in [0.717, 1.165) is 45.9 Å². The normalized spacial score (nSPS) is 19.0. The lowest BCUT2D eigenvalue weighted by atomic mass is 10.2. The maximum atomic E-state index is 5.36. The van der Waals surface area contributed by atoms with Gasteiger partial charge in [-0.1, -0.05) is 0 Å². The fourth-order valence-electron chi connectivity index (χ4n) is 2.29. The van der Waals surface area contributed by atoms with Crippen molar-refractivity contribution >= 4 is 0 Å². The highest BCUT2D eigenvalue weighted by Crippen LogP contribution is 2.01. The molecule has 1 fully saturated rings. The van der Waals surface area contributed by atoms with Gasteiger partial charge in [0.05, 0.1) is 25.2 Å². The number of imidazole rings is 1. The zero-order valence-electron chi connectivity index (χ0n) is 11.4. The standard InChI is InChI=1S/C13H24N4O/c1-3-17-11-14-8-13(17)9-15-12(2)10-16-4-6-18-7-5-16/h8,11-12,15H,3-7,9-10H2,1-2H3. The van der Waals surface area contributed by atoms with E-state index in [0.29, 0.717) is 6.04 Å². The van der Waals surface area contributed by atoms with Gasteiger partial charge in [0.15, 0.2) is 0 Å². The first kappa shape index (κ1) is 13.5. The Morgan fingerprint density at radius 1 is 1.44 bits per heavy atom. The van der Waals surface area contributed by atoms with Crippen LogP contribution in [0.1, 0.15) is 19.5 Å². The molecule has 5 heteroatoms. The van der Waals surface area contributed by atoms with Crippen LogP contribution >= 0.6 is 0 Å². The van der Waals surface area contributed by atoms with Crippen molar-refractivity contribution in [2.24, 2.45) is 0 Å². The van der Waals surface area contributed by atoms with Gasteiger partial charge in [0.2, 0.25) is 0 Å². The highest BCUT2D eigenvalue weighted by Gasteiger charge is 2.13. The van der Waals surface area contributed by atoms with Crippen molar-refractivity contribution in [1.82, 2.24) is 19.8 Å². The molecule has 1 aliphatic heterocycles. The molecule has 0 radical (unpaired) electrons. The topological polar surface area (TPSA) is 42.3 Å². The van der Waals surface area contributed by atoms with E-state index < -0.39 is 0 Å². The van der Waals surface area contributed by atoms with Crippen molar-refractivity contribution in [3.63, 3.8) is 0 Å². The summed E-state index contributed by atoms with van der Waals surface area (Å²) in [4.78, 5) is 6.64. The summed E-state index contributed by atoms with van der Waals surface area (Å²) in [5, 5.41) is 3.56. The predicted molar refractivity (Wildman–Crippen MR) is 71.5 cm³/mol. The van der Waals surface area contributed by atoms with Crippen LogP contribution < -0.4 is 5.32 Å². The van der Waals surface area contributed by atoms with Crippen LogP contribution in [0.4, 0.5) is 0 Å². The summed E-state index contributed by atoms with van der Waals surface area (Å²) in [5.41, 5.74) is 1.26. The van der Waals surface area contributed by atoms with Crippen LogP contribution in [0.2, 0.25) is 0 Å². The van der Waals surface area contributed by atoms with Gasteiger partial charge in [-0.15, -0.1) is 0 Å². The first-order valence-corrected chi connectivity index (χ1v) is 6.82. The quantitative estimate of drug-likeness (QED) is 0.810. The van der Waals surface area contributed by atoms with Crippen molar-refractivity contribution in [3.05, 3.63) is 18.2 Å². The van der Waals surface area contributed by atoms with Crippen LogP contribution in [0.5, 0.6) is 0 Å². The lowest BCUT2D eigenvalue weighted by Gasteiger charge is -2.29. The van der Waals surface area contributed by atoms with Gasteiger partial charge >= 0.3 is 0 Å². The van der Waals surface area contributed by atoms with E-state index >= 15 is 0 Å². The highest BCUT2D eigenvalue weighted by molar-refractivity contribution is 4.98. The molecule has 18 heavy (non-hydrogen) atoms. The molecule has 1 aromatic heterocycles. The van der Waals surface area contributed by atoms with Crippen LogP contribution in [0, 0.1) is 0 Å². The Morgan fingerprint density at radius 2 is 2.22 bits per heavy atom. The molecule has 0 amide bonds. The molecule has 1 aromatic rings. The third-order valence-electron chi connectivity index (χ3n) is 3.41. The molecule has 0 aromatic carbocycles. The average Bonchev–Trinajstić information content (AvgIpc) is 2.85. The molecule has 1 unspecified atom stereocenters. The summed E-state index contributed by atoms with van der Waals surface area (Å²) in [6.07, 6.45) is 3.83. The summed E-state index contributed by atoms with van der Waals surface area (Å²) in [7, 11) is 0. The second-order valence-electron chi connectivity index (χ2n) is 4.87. The Balaban J connectivity index is 1.72. The van der Waals surface area contributed by atoms with Gasteiger partial charge in [-0.2, -0.15) is 0 Å². The molecule has 2 rings (SSSR count). The lowest BCUT2D eigenvalue weighted by Crippen LogP contribution is -2.44. The van der Waals surface area contributed by atoms with E-state index in [-0.39, 0.29) is 0 Å². The second kappa shape index (κ2) is 6.87. The van der Waals surface area contributed by atoms with Crippen molar-refractivity contribution < 1.29 is 4.74 Å². The molecular formula is C13H24N4O. The van der Waals surface area contributed by atoms with Crippen LogP contribution in [0.25, 0.3) is 0 Å². The SMILES string of the molecule is CCn1cncc1CNC(C)CN1CCOCC1. The minimum atomic E-state index is 0.489. The van der Waals surface area contributed by atoms with Crippen molar-refractivity contribution in [3.8, 4) is 0 Å². The number of aryl methyl sites for hydroxylation is 1. The number of nitrogens with one attached hydrogen (secondary N) is 1. The van der Waals surface area contributed by atoms with Crippen molar-refractivity contribution in [1.29, 1.82) is 0 Å². The number of nitrogens with zero attached hydrogens (tertiary/aromatic N) is 3. The molecule has 102 valence electrons. The molecule has 1 aliphatic rings. The lowest BCUT2D eigenvalue weighted by molar-refractivity contribution is 0.0343. The zero-order chi connectivity index (χ0) is 12.8. The van der Waals surface area contributed by atoms with E-state index in [1.165, 1.54) is 5.69 Å². The zero-order valence-corrected chi connectivity index (χ0v) is 11.4. The number of hydrogen-bond acceptors (Lipinski definition) is 4. The van der Waals surface area contributed by atoms with E-state index in [4.69, 9.17) is 4.74 Å². The minimum Gasteiger partial charge on any atom is -0.379 e. The molecule has 0 saturated carbocycles. The summed E-state index contributed by atoms with van der Waals surface area (Å²) < 4.78 is 7.53. The third kappa shape index (κ3) is 3.80. The van der Waals surface area contributed by atoms with Crippen LogP contribution in [-0.4, -0.2) is 53.3 Å². The summed E-state index contributed by atoms with van der Waals surface area (Å²) in [5.74, 6) is 0. The summed E-state index contributed by atoms with van der Waals surface area (Å²) in [6.45, 7) is 11.2. The number of aromatic nitrogens is 2.